The Hall–Kier alpha value is -4.88. The summed E-state index contributed by atoms with van der Waals surface area (Å²) in [6, 6.07) is 5.34. The molecule has 7 aliphatic heterocycles. The molecule has 0 saturated carbocycles. The quantitative estimate of drug-likeness (QED) is 0.285. The maximum absolute atomic E-state index is 15.0. The van der Waals surface area contributed by atoms with Gasteiger partial charge in [-0.15, -0.1) is 11.8 Å². The van der Waals surface area contributed by atoms with Gasteiger partial charge in [-0.3, -0.25) is 19.5 Å². The fourth-order valence-corrected chi connectivity index (χ4v) is 12.3. The van der Waals surface area contributed by atoms with Crippen LogP contribution >= 0.6 is 11.8 Å². The van der Waals surface area contributed by atoms with Gasteiger partial charge in [0.2, 0.25) is 6.79 Å². The van der Waals surface area contributed by atoms with Crippen molar-refractivity contribution in [3.63, 3.8) is 0 Å². The Bertz CT molecular complexity index is 2260. The van der Waals surface area contributed by atoms with E-state index in [2.05, 4.69) is 15.9 Å². The smallest absolute Gasteiger partial charge is 0.332 e. The number of ether oxygens (including phenoxy) is 6. The molecule has 14 nitrogen and oxygen atoms in total. The molecule has 2 unspecified atom stereocenters. The van der Waals surface area contributed by atoms with Crippen LogP contribution in [0.2, 0.25) is 0 Å². The lowest BCUT2D eigenvalue weighted by molar-refractivity contribution is -0.163. The third-order valence-electron chi connectivity index (χ3n) is 12.9. The summed E-state index contributed by atoms with van der Waals surface area (Å²) in [5.74, 6) is 1.07. The molecule has 56 heavy (non-hydrogen) atoms. The van der Waals surface area contributed by atoms with Crippen molar-refractivity contribution in [2.75, 3.05) is 54.0 Å². The number of phenols is 2. The molecule has 0 aliphatic carbocycles. The minimum Gasteiger partial charge on any atom is -0.504 e. The zero-order valence-electron chi connectivity index (χ0n) is 32.3. The second-order valence-corrected chi connectivity index (χ2v) is 16.7. The molecule has 0 amide bonds. The highest BCUT2D eigenvalue weighted by Gasteiger charge is 2.62. The highest BCUT2D eigenvalue weighted by atomic mass is 32.2. The van der Waals surface area contributed by atoms with Gasteiger partial charge < -0.3 is 38.6 Å². The van der Waals surface area contributed by atoms with E-state index in [0.717, 1.165) is 16.7 Å². The number of aromatic hydroxyl groups is 2. The van der Waals surface area contributed by atoms with Crippen molar-refractivity contribution in [3.8, 4) is 46.3 Å². The molecule has 0 aromatic heterocycles. The van der Waals surface area contributed by atoms with Crippen molar-refractivity contribution in [1.29, 1.82) is 5.26 Å². The van der Waals surface area contributed by atoms with Crippen LogP contribution in [0, 0.1) is 25.2 Å². The Kier molecular flexibility index (Phi) is 8.59. The second-order valence-electron chi connectivity index (χ2n) is 15.5. The monoisotopic (exact) mass is 784 g/mol. The van der Waals surface area contributed by atoms with Crippen LogP contribution in [-0.2, 0) is 32.7 Å². The number of piperazine rings is 1. The van der Waals surface area contributed by atoms with E-state index in [1.165, 1.54) is 32.9 Å². The van der Waals surface area contributed by atoms with Crippen molar-refractivity contribution < 1.29 is 48.2 Å². The summed E-state index contributed by atoms with van der Waals surface area (Å²) < 4.78 is 36.3. The fraction of sp³-hybridized carbons (Fsp3) is 0.488. The molecular formula is C41H44N4O10S. The van der Waals surface area contributed by atoms with E-state index >= 15 is 0 Å². The number of esters is 2. The van der Waals surface area contributed by atoms with Crippen molar-refractivity contribution in [3.05, 3.63) is 62.7 Å². The number of thioether (sulfide) groups is 1. The van der Waals surface area contributed by atoms with Gasteiger partial charge in [-0.05, 0) is 75.2 Å². The van der Waals surface area contributed by atoms with Gasteiger partial charge in [0.05, 0.1) is 37.6 Å². The van der Waals surface area contributed by atoms with E-state index in [0.29, 0.717) is 70.2 Å². The number of methoxy groups -OCH3 is 2. The van der Waals surface area contributed by atoms with Crippen LogP contribution in [0.1, 0.15) is 68.8 Å². The van der Waals surface area contributed by atoms with Gasteiger partial charge in [-0.1, -0.05) is 6.07 Å². The highest BCUT2D eigenvalue weighted by molar-refractivity contribution is 7.99. The maximum Gasteiger partial charge on any atom is 0.332 e. The first-order valence-corrected chi connectivity index (χ1v) is 19.8. The number of likely N-dealkylation sites (N-methyl/N-ethyl adjacent to an activating group) is 2. The van der Waals surface area contributed by atoms with Crippen molar-refractivity contribution >= 4 is 23.7 Å². The Morgan fingerprint density at radius 3 is 2.50 bits per heavy atom. The molecule has 7 heterocycles. The Morgan fingerprint density at radius 2 is 1.79 bits per heavy atom. The second kappa shape index (κ2) is 13.1. The van der Waals surface area contributed by atoms with Crippen molar-refractivity contribution in [1.82, 2.24) is 14.7 Å². The number of carbonyl (C=O) groups is 2. The topological polar surface area (TPSA) is 163 Å². The first-order valence-electron chi connectivity index (χ1n) is 18.7. The van der Waals surface area contributed by atoms with Gasteiger partial charge in [0.25, 0.3) is 0 Å². The van der Waals surface area contributed by atoms with E-state index < -0.39 is 46.9 Å². The number of nitriles is 1. The van der Waals surface area contributed by atoms with Crippen LogP contribution in [0.25, 0.3) is 0 Å². The predicted molar refractivity (Wildman–Crippen MR) is 203 cm³/mol. The van der Waals surface area contributed by atoms with Gasteiger partial charge in [0, 0.05) is 53.6 Å². The molecule has 2 saturated heterocycles. The van der Waals surface area contributed by atoms with E-state index in [1.807, 2.05) is 38.9 Å². The Labute approximate surface area is 328 Å². The van der Waals surface area contributed by atoms with Gasteiger partial charge >= 0.3 is 11.9 Å². The van der Waals surface area contributed by atoms with Gasteiger partial charge in [0.1, 0.15) is 18.4 Å². The normalized spacial score (nSPS) is 29.0. The zero-order chi connectivity index (χ0) is 39.5. The summed E-state index contributed by atoms with van der Waals surface area (Å²) in [7, 11) is 6.90. The number of benzene rings is 3. The van der Waals surface area contributed by atoms with Crippen molar-refractivity contribution in [2.24, 2.45) is 0 Å². The van der Waals surface area contributed by atoms with Crippen LogP contribution in [0.15, 0.2) is 18.2 Å². The molecule has 7 aliphatic rings. The third kappa shape index (κ3) is 4.85. The summed E-state index contributed by atoms with van der Waals surface area (Å²) in [5, 5.41) is 33.5. The molecule has 7 atom stereocenters. The molecule has 3 aromatic carbocycles. The van der Waals surface area contributed by atoms with E-state index in [9.17, 15) is 25.1 Å². The zero-order valence-corrected chi connectivity index (χ0v) is 33.1. The van der Waals surface area contributed by atoms with E-state index in [4.69, 9.17) is 28.4 Å². The summed E-state index contributed by atoms with van der Waals surface area (Å²) in [6.07, 6.45) is 1.08. The van der Waals surface area contributed by atoms with Crippen LogP contribution in [0.4, 0.5) is 0 Å². The molecule has 3 aromatic rings. The van der Waals surface area contributed by atoms with E-state index in [-0.39, 0.29) is 42.4 Å². The average Bonchev–Trinajstić information content (AvgIpc) is 3.66. The van der Waals surface area contributed by atoms with Gasteiger partial charge in [0.15, 0.2) is 40.0 Å². The number of aryl methyl sites for hydroxylation is 1. The molecule has 2 N–H and O–H groups in total. The lowest BCUT2D eigenvalue weighted by Crippen LogP contribution is -2.69. The molecule has 1 spiro atoms. The number of nitrogens with zero attached hydrogens (tertiary/aromatic N) is 4. The third-order valence-corrected chi connectivity index (χ3v) is 14.4. The standard InChI is InChI=1S/C41H44N4O10S/c1-18-10-22-11-24-25(14-42)45-26-15-52-40(49)41(23-13-28(50-6)27(47)12-21(23)8-9-43(41)4)16-56-39(33(45)32(44(24)5)29(22)34(48)35(18)51-7)31-30(26)38-37(53-17-54-38)19(2)36(31)55-20(3)46/h10,12-13,24-26,32-33,39,47-48H,8-9,11,15-17H2,1-7H3/t24-,25-,26-,32+,33?,39+,41?/m0/s1. The Balaban J connectivity index is 1.35. The summed E-state index contributed by atoms with van der Waals surface area (Å²) in [4.78, 5) is 34.3. The minimum atomic E-state index is -1.32. The molecule has 10 rings (SSSR count). The number of fused-ring (bicyclic) bond motifs is 9. The molecule has 15 heteroatoms. The van der Waals surface area contributed by atoms with Gasteiger partial charge in [-0.25, -0.2) is 4.79 Å². The highest BCUT2D eigenvalue weighted by Crippen LogP contribution is 2.65. The molecule has 294 valence electrons. The summed E-state index contributed by atoms with van der Waals surface area (Å²) >= 11 is 1.50. The SMILES string of the molecule is COc1cc2c(cc1O)CCN(C)C21CS[C@@H]2c3c(OC(C)=O)c(C)c4c(c3[C@H](COC1=O)N1C2[C@H]2c3c(cc(C)c(OC)c3O)C[C@@H]([C@@H]1C#N)N2C)OCO4. The Morgan fingerprint density at radius 1 is 1.02 bits per heavy atom. The van der Waals surface area contributed by atoms with Crippen LogP contribution in [0.5, 0.6) is 40.2 Å². The minimum absolute atomic E-state index is 0.0168. The average molecular weight is 785 g/mol. The number of rotatable bonds is 3. The lowest BCUT2D eigenvalue weighted by Gasteiger charge is -2.62. The van der Waals surface area contributed by atoms with E-state index in [1.54, 1.807) is 12.1 Å². The lowest BCUT2D eigenvalue weighted by atomic mass is 9.71. The number of carbonyl (C=O) groups excluding carboxylic acids is 2. The molecule has 2 fully saturated rings. The van der Waals surface area contributed by atoms with Gasteiger partial charge in [-0.2, -0.15) is 5.26 Å². The first kappa shape index (κ1) is 36.7. The summed E-state index contributed by atoms with van der Waals surface area (Å²) in [6.45, 7) is 5.37. The van der Waals surface area contributed by atoms with Crippen molar-refractivity contribution in [2.45, 2.75) is 74.6 Å². The molecule has 0 radical (unpaired) electrons. The molecular weight excluding hydrogens is 741 g/mol. The number of hydrogen-bond donors (Lipinski definition) is 2. The first-order chi connectivity index (χ1) is 26.9. The van der Waals surface area contributed by atoms with Crippen LogP contribution < -0.4 is 23.7 Å². The molecule has 4 bridgehead atoms. The summed E-state index contributed by atoms with van der Waals surface area (Å²) in [5.41, 5.74) is 4.53. The van der Waals surface area contributed by atoms with Crippen LogP contribution in [0.3, 0.4) is 0 Å². The number of phenolic OH excluding ortho intramolecular Hbond substituents is 2. The predicted octanol–water partition coefficient (Wildman–Crippen LogP) is 4.33. The fourth-order valence-electron chi connectivity index (χ4n) is 10.5. The largest absolute Gasteiger partial charge is 0.504 e. The maximum atomic E-state index is 15.0. The van der Waals surface area contributed by atoms with Crippen LogP contribution in [-0.4, -0.2) is 109 Å². The number of hydrogen-bond acceptors (Lipinski definition) is 15.